The highest BCUT2D eigenvalue weighted by Gasteiger charge is 2.27. The lowest BCUT2D eigenvalue weighted by molar-refractivity contribution is 0.0698. The minimum Gasteiger partial charge on any atom is -0.478 e. The summed E-state index contributed by atoms with van der Waals surface area (Å²) in [6.45, 7) is 3.18. The van der Waals surface area contributed by atoms with Crippen LogP contribution < -0.4 is 0 Å². The first-order chi connectivity index (χ1) is 11.4. The first kappa shape index (κ1) is 16.8. The molecule has 8 heteroatoms. The summed E-state index contributed by atoms with van der Waals surface area (Å²) in [6.07, 6.45) is 0.601. The summed E-state index contributed by atoms with van der Waals surface area (Å²) in [5.74, 6) is -1.10. The fourth-order valence-electron chi connectivity index (χ4n) is 2.71. The Kier molecular flexibility index (Phi) is 4.53. The van der Waals surface area contributed by atoms with Crippen molar-refractivity contribution in [3.8, 4) is 0 Å². The highest BCUT2D eigenvalue weighted by atomic mass is 32.2. The van der Waals surface area contributed by atoms with E-state index < -0.39 is 16.0 Å². The van der Waals surface area contributed by atoms with E-state index in [1.165, 1.54) is 22.5 Å². The number of carbonyl (C=O) groups is 1. The standard InChI is InChI=1S/C16H18N2O5S/c1-2-11-9-14(16(19)20)13-10-12(3-4-15(13)17-11)24(21,22)18-5-7-23-8-6-18/h3-4,9-10H,2,5-8H2,1H3,(H,19,20). The van der Waals surface area contributed by atoms with Gasteiger partial charge in [-0.15, -0.1) is 0 Å². The van der Waals surface area contributed by atoms with Crippen molar-refractivity contribution in [2.45, 2.75) is 18.2 Å². The molecule has 0 bridgehead atoms. The van der Waals surface area contributed by atoms with Gasteiger partial charge in [0.15, 0.2) is 0 Å². The molecule has 2 aromatic rings. The van der Waals surface area contributed by atoms with Crippen LogP contribution in [0.5, 0.6) is 0 Å². The van der Waals surface area contributed by atoms with Crippen molar-refractivity contribution in [2.75, 3.05) is 26.3 Å². The molecule has 0 spiro atoms. The van der Waals surface area contributed by atoms with Crippen LogP contribution in [0.1, 0.15) is 23.0 Å². The monoisotopic (exact) mass is 350 g/mol. The number of fused-ring (bicyclic) bond motifs is 1. The Morgan fingerprint density at radius 1 is 1.29 bits per heavy atom. The number of morpholine rings is 1. The Morgan fingerprint density at radius 2 is 2.00 bits per heavy atom. The number of sulfonamides is 1. The summed E-state index contributed by atoms with van der Waals surface area (Å²) >= 11 is 0. The zero-order chi connectivity index (χ0) is 17.3. The third kappa shape index (κ3) is 3.00. The molecule has 2 heterocycles. The Labute approximate surface area is 139 Å². The molecule has 0 saturated carbocycles. The van der Waals surface area contributed by atoms with E-state index in [1.807, 2.05) is 6.92 Å². The van der Waals surface area contributed by atoms with Crippen LogP contribution in [-0.4, -0.2) is 55.1 Å². The van der Waals surface area contributed by atoms with Crippen LogP contribution in [-0.2, 0) is 21.2 Å². The number of hydrogen-bond donors (Lipinski definition) is 1. The van der Waals surface area contributed by atoms with E-state index in [1.54, 1.807) is 6.07 Å². The fourth-order valence-corrected chi connectivity index (χ4v) is 4.15. The van der Waals surface area contributed by atoms with Crippen molar-refractivity contribution in [3.63, 3.8) is 0 Å². The van der Waals surface area contributed by atoms with Gasteiger partial charge in [-0.3, -0.25) is 4.98 Å². The quantitative estimate of drug-likeness (QED) is 0.898. The molecule has 0 aliphatic carbocycles. The van der Waals surface area contributed by atoms with Crippen LogP contribution in [0.25, 0.3) is 10.9 Å². The van der Waals surface area contributed by atoms with Gasteiger partial charge in [-0.05, 0) is 30.7 Å². The van der Waals surface area contributed by atoms with Gasteiger partial charge in [0.2, 0.25) is 10.0 Å². The molecular formula is C16H18N2O5S. The number of aryl methyl sites for hydroxylation is 1. The molecular weight excluding hydrogens is 332 g/mol. The first-order valence-electron chi connectivity index (χ1n) is 7.68. The van der Waals surface area contributed by atoms with Gasteiger partial charge >= 0.3 is 5.97 Å². The lowest BCUT2D eigenvalue weighted by Gasteiger charge is -2.26. The smallest absolute Gasteiger partial charge is 0.336 e. The summed E-state index contributed by atoms with van der Waals surface area (Å²) in [5, 5.41) is 9.77. The number of carboxylic acids is 1. The number of rotatable bonds is 4. The van der Waals surface area contributed by atoms with Crippen molar-refractivity contribution in [1.82, 2.24) is 9.29 Å². The minimum absolute atomic E-state index is 0.0656. The number of carboxylic acid groups (broad SMARTS) is 1. The van der Waals surface area contributed by atoms with Gasteiger partial charge in [-0.25, -0.2) is 13.2 Å². The van der Waals surface area contributed by atoms with Crippen LogP contribution >= 0.6 is 0 Å². The molecule has 24 heavy (non-hydrogen) atoms. The average molecular weight is 350 g/mol. The lowest BCUT2D eigenvalue weighted by atomic mass is 10.1. The van der Waals surface area contributed by atoms with Crippen molar-refractivity contribution < 1.29 is 23.1 Å². The normalized spacial score (nSPS) is 16.4. The van der Waals surface area contributed by atoms with Gasteiger partial charge in [0.1, 0.15) is 0 Å². The first-order valence-corrected chi connectivity index (χ1v) is 9.12. The number of pyridine rings is 1. The Balaban J connectivity index is 2.14. The summed E-state index contributed by atoms with van der Waals surface area (Å²) in [7, 11) is -3.68. The van der Waals surface area contributed by atoms with Crippen LogP contribution in [0, 0.1) is 0 Å². The van der Waals surface area contributed by atoms with Gasteiger partial charge in [-0.2, -0.15) is 4.31 Å². The molecule has 3 rings (SSSR count). The predicted octanol–water partition coefficient (Wildman–Crippen LogP) is 1.52. The maximum Gasteiger partial charge on any atom is 0.336 e. The summed E-state index contributed by atoms with van der Waals surface area (Å²) in [4.78, 5) is 16.0. The van der Waals surface area contributed by atoms with Crippen LogP contribution in [0.4, 0.5) is 0 Å². The number of hydrogen-bond acceptors (Lipinski definition) is 5. The third-order valence-corrected chi connectivity index (χ3v) is 5.93. The van der Waals surface area contributed by atoms with E-state index in [9.17, 15) is 18.3 Å². The third-order valence-electron chi connectivity index (χ3n) is 4.03. The van der Waals surface area contributed by atoms with Gasteiger partial charge in [0, 0.05) is 24.2 Å². The Bertz CT molecular complexity index is 889. The molecule has 1 aromatic heterocycles. The number of benzene rings is 1. The molecule has 1 aliphatic heterocycles. The second-order valence-corrected chi connectivity index (χ2v) is 7.45. The molecule has 1 aromatic carbocycles. The lowest BCUT2D eigenvalue weighted by Crippen LogP contribution is -2.40. The molecule has 0 unspecified atom stereocenters. The van der Waals surface area contributed by atoms with E-state index in [4.69, 9.17) is 4.74 Å². The number of aromatic carboxylic acids is 1. The second-order valence-electron chi connectivity index (χ2n) is 5.52. The highest BCUT2D eigenvalue weighted by Crippen LogP contribution is 2.25. The molecule has 1 aliphatic rings. The highest BCUT2D eigenvalue weighted by molar-refractivity contribution is 7.89. The average Bonchev–Trinajstić information content (AvgIpc) is 2.60. The molecule has 1 fully saturated rings. The van der Waals surface area contributed by atoms with Gasteiger partial charge in [0.05, 0.1) is 29.2 Å². The van der Waals surface area contributed by atoms with Gasteiger partial charge in [0.25, 0.3) is 0 Å². The van der Waals surface area contributed by atoms with Crippen molar-refractivity contribution in [3.05, 3.63) is 35.5 Å². The van der Waals surface area contributed by atoms with E-state index in [2.05, 4.69) is 4.98 Å². The van der Waals surface area contributed by atoms with Gasteiger partial charge in [-0.1, -0.05) is 6.92 Å². The largest absolute Gasteiger partial charge is 0.478 e. The zero-order valence-electron chi connectivity index (χ0n) is 13.2. The summed E-state index contributed by atoms with van der Waals surface area (Å²) in [5.41, 5.74) is 1.20. The van der Waals surface area contributed by atoms with E-state index in [0.717, 1.165) is 0 Å². The summed E-state index contributed by atoms with van der Waals surface area (Å²) < 4.78 is 32.0. The van der Waals surface area contributed by atoms with E-state index in [-0.39, 0.29) is 10.5 Å². The molecule has 0 atom stereocenters. The molecule has 7 nitrogen and oxygen atoms in total. The maximum absolute atomic E-state index is 12.7. The van der Waals surface area contributed by atoms with E-state index in [0.29, 0.717) is 49.3 Å². The number of nitrogens with zero attached hydrogens (tertiary/aromatic N) is 2. The molecule has 1 N–H and O–H groups in total. The van der Waals surface area contributed by atoms with Crippen molar-refractivity contribution >= 4 is 26.9 Å². The second kappa shape index (κ2) is 6.46. The molecule has 0 amide bonds. The molecule has 128 valence electrons. The Hall–Kier alpha value is -2.03. The van der Waals surface area contributed by atoms with E-state index >= 15 is 0 Å². The summed E-state index contributed by atoms with van der Waals surface area (Å²) in [6, 6.07) is 5.94. The molecule has 0 radical (unpaired) electrons. The number of aromatic nitrogens is 1. The zero-order valence-corrected chi connectivity index (χ0v) is 14.0. The number of ether oxygens (including phenoxy) is 1. The van der Waals surface area contributed by atoms with Crippen LogP contribution in [0.15, 0.2) is 29.2 Å². The SMILES string of the molecule is CCc1cc(C(=O)O)c2cc(S(=O)(=O)N3CCOCC3)ccc2n1. The van der Waals surface area contributed by atoms with Crippen LogP contribution in [0.3, 0.4) is 0 Å². The Morgan fingerprint density at radius 3 is 2.62 bits per heavy atom. The fraction of sp³-hybridized carbons (Fsp3) is 0.375. The van der Waals surface area contributed by atoms with Gasteiger partial charge < -0.3 is 9.84 Å². The van der Waals surface area contributed by atoms with Crippen LogP contribution in [0.2, 0.25) is 0 Å². The molecule has 1 saturated heterocycles. The van der Waals surface area contributed by atoms with Crippen molar-refractivity contribution in [2.24, 2.45) is 0 Å². The van der Waals surface area contributed by atoms with Crippen molar-refractivity contribution in [1.29, 1.82) is 0 Å². The predicted molar refractivity (Wildman–Crippen MR) is 87.7 cm³/mol. The maximum atomic E-state index is 12.7. The minimum atomic E-state index is -3.68. The topological polar surface area (TPSA) is 96.8 Å².